The van der Waals surface area contributed by atoms with E-state index >= 15 is 0 Å². The smallest absolute Gasteiger partial charge is 0.164 e. The maximum atomic E-state index is 5.70. The molecule has 0 aliphatic carbocycles. The molecule has 1 atom stereocenters. The highest BCUT2D eigenvalue weighted by atomic mass is 35.5. The number of halogens is 1. The number of hydrogen-bond donors (Lipinski definition) is 1. The van der Waals surface area contributed by atoms with Crippen LogP contribution in [-0.2, 0) is 6.54 Å². The molecule has 1 saturated heterocycles. The van der Waals surface area contributed by atoms with Gasteiger partial charge in [-0.05, 0) is 44.3 Å². The fourth-order valence-corrected chi connectivity index (χ4v) is 3.22. The highest BCUT2D eigenvalue weighted by molar-refractivity contribution is 5.85. The minimum Gasteiger partial charge on any atom is -0.496 e. The fourth-order valence-electron chi connectivity index (χ4n) is 3.22. The summed E-state index contributed by atoms with van der Waals surface area (Å²) < 4.78 is 16.3. The molecule has 1 aromatic rings. The topological polar surface area (TPSA) is 57.0 Å². The number of nitrogens with two attached hydrogens (primary N) is 1. The fraction of sp³-hybridized carbons (Fsp3) is 0.647. The molecule has 1 aliphatic rings. The molecule has 5 nitrogen and oxygen atoms in total. The zero-order chi connectivity index (χ0) is 15.9. The molecular weight excluding hydrogens is 316 g/mol. The van der Waals surface area contributed by atoms with Gasteiger partial charge >= 0.3 is 0 Å². The van der Waals surface area contributed by atoms with Gasteiger partial charge in [0.15, 0.2) is 11.5 Å². The zero-order valence-electron chi connectivity index (χ0n) is 14.3. The van der Waals surface area contributed by atoms with Gasteiger partial charge in [0.1, 0.15) is 5.75 Å². The third-order valence-corrected chi connectivity index (χ3v) is 4.36. The van der Waals surface area contributed by atoms with E-state index in [1.165, 1.54) is 12.8 Å². The lowest BCUT2D eigenvalue weighted by Gasteiger charge is -2.33. The summed E-state index contributed by atoms with van der Waals surface area (Å²) in [5.41, 5.74) is 6.84. The van der Waals surface area contributed by atoms with Crippen molar-refractivity contribution in [2.45, 2.75) is 25.8 Å². The maximum absolute atomic E-state index is 5.70. The highest BCUT2D eigenvalue weighted by Gasteiger charge is 2.21. The first-order valence-electron chi connectivity index (χ1n) is 7.93. The Balaban J connectivity index is 0.00000264. The minimum absolute atomic E-state index is 0. The normalized spacial score (nSPS) is 18.2. The van der Waals surface area contributed by atoms with Crippen LogP contribution in [0, 0.1) is 5.92 Å². The summed E-state index contributed by atoms with van der Waals surface area (Å²) in [6.45, 7) is 3.87. The van der Waals surface area contributed by atoms with Gasteiger partial charge in [-0.2, -0.15) is 0 Å². The van der Waals surface area contributed by atoms with Gasteiger partial charge in [0.05, 0.1) is 21.3 Å². The molecule has 1 aromatic carbocycles. The van der Waals surface area contributed by atoms with Crippen molar-refractivity contribution in [3.8, 4) is 17.2 Å². The van der Waals surface area contributed by atoms with E-state index < -0.39 is 0 Å². The molecular formula is C17H29ClN2O3. The van der Waals surface area contributed by atoms with Crippen LogP contribution in [0.25, 0.3) is 0 Å². The molecule has 0 bridgehead atoms. The number of rotatable bonds is 7. The van der Waals surface area contributed by atoms with Crippen LogP contribution in [0.1, 0.15) is 24.8 Å². The van der Waals surface area contributed by atoms with Crippen LogP contribution < -0.4 is 19.9 Å². The Bertz CT molecular complexity index is 483. The largest absolute Gasteiger partial charge is 0.496 e. The van der Waals surface area contributed by atoms with Crippen LogP contribution in [0.2, 0.25) is 0 Å². The van der Waals surface area contributed by atoms with E-state index in [-0.39, 0.29) is 12.4 Å². The second-order valence-electron chi connectivity index (χ2n) is 5.84. The first-order chi connectivity index (χ1) is 10.7. The Kier molecular flexibility index (Phi) is 8.52. The number of benzene rings is 1. The van der Waals surface area contributed by atoms with Crippen LogP contribution in [0.3, 0.4) is 0 Å². The molecule has 1 fully saturated rings. The molecule has 132 valence electrons. The summed E-state index contributed by atoms with van der Waals surface area (Å²) in [6, 6.07) is 3.92. The second kappa shape index (κ2) is 9.85. The Labute approximate surface area is 145 Å². The minimum atomic E-state index is 0. The summed E-state index contributed by atoms with van der Waals surface area (Å²) in [5.74, 6) is 3.00. The summed E-state index contributed by atoms with van der Waals surface area (Å²) in [4.78, 5) is 2.48. The molecule has 2 N–H and O–H groups in total. The van der Waals surface area contributed by atoms with Crippen LogP contribution in [0.5, 0.6) is 17.2 Å². The standard InChI is InChI=1S/C17H28N2O3.ClH/c1-20-15-10-17(22-3)16(21-2)9-14(15)12-19-8-4-5-13(11-19)6-7-18;/h9-10,13H,4-8,11-12,18H2,1-3H3;1H. The van der Waals surface area contributed by atoms with E-state index in [4.69, 9.17) is 19.9 Å². The van der Waals surface area contributed by atoms with E-state index in [0.717, 1.165) is 49.7 Å². The first-order valence-corrected chi connectivity index (χ1v) is 7.93. The van der Waals surface area contributed by atoms with E-state index in [1.807, 2.05) is 12.1 Å². The molecule has 2 rings (SSSR count). The van der Waals surface area contributed by atoms with Gasteiger partial charge in [0.25, 0.3) is 0 Å². The van der Waals surface area contributed by atoms with Gasteiger partial charge in [-0.25, -0.2) is 0 Å². The van der Waals surface area contributed by atoms with Crippen molar-refractivity contribution in [3.63, 3.8) is 0 Å². The van der Waals surface area contributed by atoms with E-state index in [2.05, 4.69) is 4.90 Å². The number of likely N-dealkylation sites (tertiary alicyclic amines) is 1. The van der Waals surface area contributed by atoms with Crippen LogP contribution in [0.15, 0.2) is 12.1 Å². The van der Waals surface area contributed by atoms with E-state index in [1.54, 1.807) is 21.3 Å². The van der Waals surface area contributed by atoms with Crippen LogP contribution in [0.4, 0.5) is 0 Å². The summed E-state index contributed by atoms with van der Waals surface area (Å²) in [6.07, 6.45) is 3.64. The molecule has 0 aromatic heterocycles. The van der Waals surface area contributed by atoms with Gasteiger partial charge < -0.3 is 19.9 Å². The lowest BCUT2D eigenvalue weighted by molar-refractivity contribution is 0.161. The van der Waals surface area contributed by atoms with Gasteiger partial charge in [-0.1, -0.05) is 0 Å². The van der Waals surface area contributed by atoms with Crippen molar-refractivity contribution >= 4 is 12.4 Å². The quantitative estimate of drug-likeness (QED) is 0.824. The average molecular weight is 345 g/mol. The van der Waals surface area contributed by atoms with Crippen molar-refractivity contribution in [2.24, 2.45) is 11.7 Å². The van der Waals surface area contributed by atoms with Crippen LogP contribution >= 0.6 is 12.4 Å². The summed E-state index contributed by atoms with van der Waals surface area (Å²) in [5, 5.41) is 0. The van der Waals surface area contributed by atoms with Gasteiger partial charge in [-0.15, -0.1) is 12.4 Å². The number of piperidine rings is 1. The van der Waals surface area contributed by atoms with Crippen molar-refractivity contribution in [1.29, 1.82) is 0 Å². The molecule has 0 spiro atoms. The third-order valence-electron chi connectivity index (χ3n) is 4.36. The number of ether oxygens (including phenoxy) is 3. The molecule has 1 unspecified atom stereocenters. The zero-order valence-corrected chi connectivity index (χ0v) is 15.2. The van der Waals surface area contributed by atoms with E-state index in [0.29, 0.717) is 11.7 Å². The monoisotopic (exact) mass is 344 g/mol. The summed E-state index contributed by atoms with van der Waals surface area (Å²) >= 11 is 0. The number of nitrogens with zero attached hydrogens (tertiary/aromatic N) is 1. The Morgan fingerprint density at radius 3 is 2.35 bits per heavy atom. The van der Waals surface area contributed by atoms with Gasteiger partial charge in [0, 0.05) is 24.7 Å². The molecule has 6 heteroatoms. The Morgan fingerprint density at radius 2 is 1.74 bits per heavy atom. The molecule has 0 amide bonds. The lowest BCUT2D eigenvalue weighted by atomic mass is 9.94. The Morgan fingerprint density at radius 1 is 1.09 bits per heavy atom. The lowest BCUT2D eigenvalue weighted by Crippen LogP contribution is -2.35. The number of methoxy groups -OCH3 is 3. The maximum Gasteiger partial charge on any atom is 0.164 e. The highest BCUT2D eigenvalue weighted by Crippen LogP contribution is 2.35. The van der Waals surface area contributed by atoms with Crippen LogP contribution in [-0.4, -0.2) is 45.9 Å². The molecule has 1 heterocycles. The van der Waals surface area contributed by atoms with Gasteiger partial charge in [0.2, 0.25) is 0 Å². The molecule has 1 aliphatic heterocycles. The average Bonchev–Trinajstić information content (AvgIpc) is 2.55. The van der Waals surface area contributed by atoms with E-state index in [9.17, 15) is 0 Å². The SMILES string of the molecule is COc1cc(OC)c(OC)cc1CN1CCCC(CCN)C1.Cl. The van der Waals surface area contributed by atoms with Crippen molar-refractivity contribution < 1.29 is 14.2 Å². The third kappa shape index (κ3) is 5.16. The van der Waals surface area contributed by atoms with Crippen molar-refractivity contribution in [1.82, 2.24) is 4.90 Å². The predicted molar refractivity (Wildman–Crippen MR) is 95.0 cm³/mol. The second-order valence-corrected chi connectivity index (χ2v) is 5.84. The number of hydrogen-bond acceptors (Lipinski definition) is 5. The predicted octanol–water partition coefficient (Wildman–Crippen LogP) is 2.70. The summed E-state index contributed by atoms with van der Waals surface area (Å²) in [7, 11) is 4.99. The molecule has 0 radical (unpaired) electrons. The van der Waals surface area contributed by atoms with Crippen molar-refractivity contribution in [3.05, 3.63) is 17.7 Å². The van der Waals surface area contributed by atoms with Gasteiger partial charge in [-0.3, -0.25) is 4.90 Å². The molecule has 23 heavy (non-hydrogen) atoms. The molecule has 0 saturated carbocycles. The first kappa shape index (κ1) is 19.9. The van der Waals surface area contributed by atoms with Crippen molar-refractivity contribution in [2.75, 3.05) is 41.0 Å². The Hall–Kier alpha value is -1.17.